The van der Waals surface area contributed by atoms with Crippen molar-refractivity contribution in [1.82, 2.24) is 24.0 Å². The van der Waals surface area contributed by atoms with E-state index in [1.165, 1.54) is 4.57 Å². The smallest absolute Gasteiger partial charge is 0.329 e. The van der Waals surface area contributed by atoms with E-state index in [-0.39, 0.29) is 18.7 Å². The number of aromatic amines is 1. The quantitative estimate of drug-likeness (QED) is 0.678. The van der Waals surface area contributed by atoms with Gasteiger partial charge in [0.15, 0.2) is 11.2 Å². The lowest BCUT2D eigenvalue weighted by atomic mass is 10.2. The first-order valence-corrected chi connectivity index (χ1v) is 8.77. The highest BCUT2D eigenvalue weighted by Crippen LogP contribution is 2.21. The summed E-state index contributed by atoms with van der Waals surface area (Å²) in [6.07, 6.45) is -0.193. The number of imidazole rings is 1. The molecule has 11 heteroatoms. The van der Waals surface area contributed by atoms with Gasteiger partial charge in [-0.05, 0) is 6.92 Å². The summed E-state index contributed by atoms with van der Waals surface area (Å²) in [6, 6.07) is 0. The largest absolute Gasteiger partial charge is 0.481 e. The molecular formula is C16H22N6O5. The number of hydrogen-bond acceptors (Lipinski definition) is 6. The van der Waals surface area contributed by atoms with Crippen molar-refractivity contribution < 1.29 is 14.7 Å². The Kier molecular flexibility index (Phi) is 5.02. The molecule has 0 atom stereocenters. The number of aliphatic carboxylic acids is 1. The number of rotatable bonds is 5. The molecule has 1 aliphatic rings. The first-order valence-electron chi connectivity index (χ1n) is 8.77. The molecule has 0 spiro atoms. The molecule has 1 saturated heterocycles. The van der Waals surface area contributed by atoms with Gasteiger partial charge in [-0.15, -0.1) is 0 Å². The number of hydrogen-bond donors (Lipinski definition) is 2. The molecule has 1 fully saturated rings. The van der Waals surface area contributed by atoms with Gasteiger partial charge in [-0.3, -0.25) is 23.9 Å². The second-order valence-electron chi connectivity index (χ2n) is 6.41. The van der Waals surface area contributed by atoms with Crippen molar-refractivity contribution in [2.24, 2.45) is 7.05 Å². The maximum atomic E-state index is 12.2. The van der Waals surface area contributed by atoms with Gasteiger partial charge in [0.25, 0.3) is 5.56 Å². The molecule has 27 heavy (non-hydrogen) atoms. The van der Waals surface area contributed by atoms with Crippen LogP contribution in [0.25, 0.3) is 11.2 Å². The molecule has 146 valence electrons. The van der Waals surface area contributed by atoms with Crippen LogP contribution in [0.15, 0.2) is 9.59 Å². The Balaban J connectivity index is 1.83. The fourth-order valence-corrected chi connectivity index (χ4v) is 3.29. The molecule has 3 heterocycles. The molecular weight excluding hydrogens is 356 g/mol. The zero-order valence-electron chi connectivity index (χ0n) is 15.3. The molecule has 0 saturated carbocycles. The van der Waals surface area contributed by atoms with Gasteiger partial charge in [-0.2, -0.15) is 4.98 Å². The highest BCUT2D eigenvalue weighted by molar-refractivity contribution is 5.81. The molecule has 0 bridgehead atoms. The van der Waals surface area contributed by atoms with Gasteiger partial charge in [-0.1, -0.05) is 0 Å². The van der Waals surface area contributed by atoms with Gasteiger partial charge >= 0.3 is 11.7 Å². The van der Waals surface area contributed by atoms with Crippen LogP contribution >= 0.6 is 0 Å². The van der Waals surface area contributed by atoms with Crippen molar-refractivity contribution >= 4 is 29.0 Å². The fraction of sp³-hybridized carbons (Fsp3) is 0.562. The lowest BCUT2D eigenvalue weighted by Gasteiger charge is -2.35. The normalized spacial score (nSPS) is 14.7. The number of anilines is 1. The summed E-state index contributed by atoms with van der Waals surface area (Å²) < 4.78 is 3.06. The third-order valence-electron chi connectivity index (χ3n) is 4.77. The first kappa shape index (κ1) is 18.7. The second kappa shape index (κ2) is 7.25. The van der Waals surface area contributed by atoms with Crippen LogP contribution in [-0.4, -0.2) is 67.2 Å². The van der Waals surface area contributed by atoms with Crippen molar-refractivity contribution in [2.45, 2.75) is 26.3 Å². The summed E-state index contributed by atoms with van der Waals surface area (Å²) in [5, 5.41) is 8.70. The van der Waals surface area contributed by atoms with Gasteiger partial charge in [0.05, 0.1) is 6.42 Å². The standard InChI is InChI=1S/C16H22N6O5/c1-3-22-12-13(19(2)16(27)18-14(12)26)17-15(22)21-8-6-20(7-9-21)10(23)4-5-11(24)25/h3-9H2,1-2H3,(H,24,25)(H,18,26,27). The fourth-order valence-electron chi connectivity index (χ4n) is 3.29. The Morgan fingerprint density at radius 2 is 1.81 bits per heavy atom. The molecule has 3 rings (SSSR count). The number of carboxylic acid groups (broad SMARTS) is 1. The van der Waals surface area contributed by atoms with Gasteiger partial charge in [0.2, 0.25) is 11.9 Å². The molecule has 0 aliphatic carbocycles. The predicted molar refractivity (Wildman–Crippen MR) is 96.9 cm³/mol. The average molecular weight is 378 g/mol. The van der Waals surface area contributed by atoms with Crippen LogP contribution in [-0.2, 0) is 23.2 Å². The third-order valence-corrected chi connectivity index (χ3v) is 4.77. The van der Waals surface area contributed by atoms with Crippen molar-refractivity contribution in [2.75, 3.05) is 31.1 Å². The van der Waals surface area contributed by atoms with Gasteiger partial charge < -0.3 is 19.5 Å². The van der Waals surface area contributed by atoms with Crippen molar-refractivity contribution in [3.8, 4) is 0 Å². The predicted octanol–water partition coefficient (Wildman–Crippen LogP) is -1.04. The zero-order valence-corrected chi connectivity index (χ0v) is 15.3. The maximum Gasteiger partial charge on any atom is 0.329 e. The summed E-state index contributed by atoms with van der Waals surface area (Å²) in [5.41, 5.74) is -0.333. The highest BCUT2D eigenvalue weighted by atomic mass is 16.4. The topological polar surface area (TPSA) is 134 Å². The number of nitrogens with one attached hydrogen (secondary N) is 1. The van der Waals surface area contributed by atoms with Gasteiger partial charge in [0, 0.05) is 46.2 Å². The Labute approximate surface area is 153 Å². The summed E-state index contributed by atoms with van der Waals surface area (Å²) in [4.78, 5) is 57.2. The van der Waals surface area contributed by atoms with E-state index in [1.54, 1.807) is 16.5 Å². The second-order valence-corrected chi connectivity index (χ2v) is 6.41. The molecule has 11 nitrogen and oxygen atoms in total. The van der Waals surface area contributed by atoms with Gasteiger partial charge in [0.1, 0.15) is 0 Å². The van der Waals surface area contributed by atoms with E-state index < -0.39 is 17.2 Å². The lowest BCUT2D eigenvalue weighted by Crippen LogP contribution is -2.49. The first-order chi connectivity index (χ1) is 12.8. The Morgan fingerprint density at radius 1 is 1.15 bits per heavy atom. The Morgan fingerprint density at radius 3 is 2.41 bits per heavy atom. The molecule has 2 N–H and O–H groups in total. The summed E-state index contributed by atoms with van der Waals surface area (Å²) in [5.74, 6) is -0.591. The lowest BCUT2D eigenvalue weighted by molar-refractivity contribution is -0.141. The molecule has 1 amide bonds. The van der Waals surface area contributed by atoms with Crippen LogP contribution in [0.3, 0.4) is 0 Å². The van der Waals surface area contributed by atoms with E-state index in [0.29, 0.717) is 49.8 Å². The van der Waals surface area contributed by atoms with Crippen LogP contribution in [0.2, 0.25) is 0 Å². The minimum absolute atomic E-state index is 0.0136. The number of aryl methyl sites for hydroxylation is 2. The van der Waals surface area contributed by atoms with E-state index in [0.717, 1.165) is 0 Å². The summed E-state index contributed by atoms with van der Waals surface area (Å²) in [6.45, 7) is 4.30. The molecule has 0 unspecified atom stereocenters. The number of H-pyrrole nitrogens is 1. The van der Waals surface area contributed by atoms with E-state index in [2.05, 4.69) is 9.97 Å². The van der Waals surface area contributed by atoms with E-state index in [4.69, 9.17) is 5.11 Å². The molecule has 1 aliphatic heterocycles. The minimum Gasteiger partial charge on any atom is -0.481 e. The van der Waals surface area contributed by atoms with Gasteiger partial charge in [-0.25, -0.2) is 4.79 Å². The third kappa shape index (κ3) is 3.44. The number of amides is 1. The molecule has 0 radical (unpaired) electrons. The number of carbonyl (C=O) groups is 2. The number of carboxylic acids is 1. The van der Waals surface area contributed by atoms with Crippen LogP contribution in [0.1, 0.15) is 19.8 Å². The minimum atomic E-state index is -0.991. The Bertz CT molecular complexity index is 995. The van der Waals surface area contributed by atoms with E-state index in [1.807, 2.05) is 11.8 Å². The van der Waals surface area contributed by atoms with Crippen LogP contribution < -0.4 is 16.1 Å². The summed E-state index contributed by atoms with van der Waals surface area (Å²) >= 11 is 0. The number of piperazine rings is 1. The van der Waals surface area contributed by atoms with Crippen LogP contribution in [0, 0.1) is 0 Å². The van der Waals surface area contributed by atoms with E-state index >= 15 is 0 Å². The number of aromatic nitrogens is 4. The molecule has 2 aromatic rings. The maximum absolute atomic E-state index is 12.2. The number of carbonyl (C=O) groups excluding carboxylic acids is 1. The van der Waals surface area contributed by atoms with Crippen molar-refractivity contribution in [3.05, 3.63) is 20.8 Å². The van der Waals surface area contributed by atoms with Crippen molar-refractivity contribution in [3.63, 3.8) is 0 Å². The Hall–Kier alpha value is -3.11. The number of nitrogens with zero attached hydrogens (tertiary/aromatic N) is 5. The molecule has 2 aromatic heterocycles. The highest BCUT2D eigenvalue weighted by Gasteiger charge is 2.26. The van der Waals surface area contributed by atoms with Crippen LogP contribution in [0.5, 0.6) is 0 Å². The number of fused-ring (bicyclic) bond motifs is 1. The van der Waals surface area contributed by atoms with Crippen molar-refractivity contribution in [1.29, 1.82) is 0 Å². The zero-order chi connectivity index (χ0) is 19.7. The summed E-state index contributed by atoms with van der Waals surface area (Å²) in [7, 11) is 1.55. The van der Waals surface area contributed by atoms with E-state index in [9.17, 15) is 19.2 Å². The SMILES string of the molecule is CCn1c(N2CCN(C(=O)CCC(=O)O)CC2)nc2c1c(=O)[nH]c(=O)n2C. The van der Waals surface area contributed by atoms with Crippen LogP contribution in [0.4, 0.5) is 5.95 Å². The monoisotopic (exact) mass is 378 g/mol. The average Bonchev–Trinajstić information content (AvgIpc) is 3.04. The molecule has 0 aromatic carbocycles.